The molecule has 5 heteroatoms. The number of fused-ring (bicyclic) bond motifs is 1. The maximum Gasteiger partial charge on any atom is 0.137 e. The van der Waals surface area contributed by atoms with E-state index in [0.29, 0.717) is 34.7 Å². The van der Waals surface area contributed by atoms with Crippen LogP contribution < -0.4 is 15.2 Å². The summed E-state index contributed by atoms with van der Waals surface area (Å²) in [6, 6.07) is 21.8. The van der Waals surface area contributed by atoms with E-state index in [1.807, 2.05) is 62.4 Å². The van der Waals surface area contributed by atoms with Gasteiger partial charge in [0, 0.05) is 17.0 Å². The molecule has 1 aromatic heterocycles. The van der Waals surface area contributed by atoms with Crippen LogP contribution in [0.3, 0.4) is 0 Å². The lowest BCUT2D eigenvalue weighted by atomic mass is 10.1. The first kappa shape index (κ1) is 19.5. The van der Waals surface area contributed by atoms with E-state index in [-0.39, 0.29) is 5.56 Å². The second-order valence-electron chi connectivity index (χ2n) is 6.90. The maximum atomic E-state index is 11.2. The first-order valence-corrected chi connectivity index (χ1v) is 9.67. The molecule has 5 nitrogen and oxygen atoms in total. The van der Waals surface area contributed by atoms with E-state index in [1.165, 1.54) is 12.1 Å². The van der Waals surface area contributed by atoms with Gasteiger partial charge in [-0.05, 0) is 49.7 Å². The number of benzene rings is 3. The predicted molar refractivity (Wildman–Crippen MR) is 114 cm³/mol. The highest BCUT2D eigenvalue weighted by Crippen LogP contribution is 2.26. The zero-order valence-corrected chi connectivity index (χ0v) is 16.7. The number of hydrogen-bond acceptors (Lipinski definition) is 5. The number of aromatic carboxylic acids is 1. The lowest BCUT2D eigenvalue weighted by Gasteiger charge is -2.08. The van der Waals surface area contributed by atoms with Crippen LogP contribution in [-0.4, -0.2) is 12.6 Å². The summed E-state index contributed by atoms with van der Waals surface area (Å²) in [5, 5.41) is 12.6. The summed E-state index contributed by atoms with van der Waals surface area (Å²) >= 11 is 0. The Balaban J connectivity index is 1.96. The zero-order chi connectivity index (χ0) is 21.1. The summed E-state index contributed by atoms with van der Waals surface area (Å²) in [6.45, 7) is 4.50. The molecular formula is C25H20NO4-. The lowest BCUT2D eigenvalue weighted by molar-refractivity contribution is -0.255. The third kappa shape index (κ3) is 4.10. The summed E-state index contributed by atoms with van der Waals surface area (Å²) in [6.07, 6.45) is 0. The van der Waals surface area contributed by atoms with Crippen molar-refractivity contribution in [2.45, 2.75) is 13.8 Å². The van der Waals surface area contributed by atoms with E-state index < -0.39 is 5.97 Å². The second-order valence-corrected chi connectivity index (χ2v) is 6.90. The Morgan fingerprint density at radius 1 is 1.03 bits per heavy atom. The molecule has 1 heterocycles. The Bertz CT molecular complexity index is 1290. The molecule has 0 N–H and O–H groups in total. The Morgan fingerprint density at radius 3 is 2.57 bits per heavy atom. The van der Waals surface area contributed by atoms with Crippen molar-refractivity contribution in [2.24, 2.45) is 4.99 Å². The fourth-order valence-electron chi connectivity index (χ4n) is 3.20. The van der Waals surface area contributed by atoms with Crippen LogP contribution in [-0.2, 0) is 0 Å². The number of carboxylic acid groups (broad SMARTS) is 1. The molecule has 0 bridgehead atoms. The van der Waals surface area contributed by atoms with Gasteiger partial charge in [-0.25, -0.2) is 4.99 Å². The standard InChI is InChI=1S/C25H21NO4/c1-3-29-20-11-12-23-21(14-20)22(26-19-6-4-5-18(13-19)25(27)28)15-24(30-23)17-9-7-16(2)8-10-17/h4-15H,3H2,1-2H3,(H,27,28)/p-1. The largest absolute Gasteiger partial charge is 0.545 e. The van der Waals surface area contributed by atoms with Crippen LogP contribution in [0.1, 0.15) is 22.8 Å². The van der Waals surface area contributed by atoms with Gasteiger partial charge in [0.25, 0.3) is 0 Å². The van der Waals surface area contributed by atoms with Crippen LogP contribution in [0.5, 0.6) is 5.75 Å². The smallest absolute Gasteiger partial charge is 0.137 e. The molecule has 4 aromatic rings. The Hall–Kier alpha value is -3.86. The number of carboxylic acids is 1. The molecule has 30 heavy (non-hydrogen) atoms. The summed E-state index contributed by atoms with van der Waals surface area (Å²) in [5.41, 5.74) is 3.34. The van der Waals surface area contributed by atoms with Gasteiger partial charge in [-0.1, -0.05) is 42.0 Å². The highest BCUT2D eigenvalue weighted by molar-refractivity contribution is 5.87. The molecule has 0 radical (unpaired) electrons. The van der Waals surface area contributed by atoms with E-state index in [0.717, 1.165) is 16.5 Å². The number of ether oxygens (including phenoxy) is 1. The second kappa shape index (κ2) is 8.25. The summed E-state index contributed by atoms with van der Waals surface area (Å²) in [5.74, 6) is 0.142. The van der Waals surface area contributed by atoms with Crippen LogP contribution in [0.4, 0.5) is 5.69 Å². The highest BCUT2D eigenvalue weighted by Gasteiger charge is 2.08. The van der Waals surface area contributed by atoms with Crippen LogP contribution in [0.2, 0.25) is 0 Å². The van der Waals surface area contributed by atoms with Crippen molar-refractivity contribution >= 4 is 22.6 Å². The minimum atomic E-state index is -1.24. The number of aryl methyl sites for hydroxylation is 1. The van der Waals surface area contributed by atoms with Gasteiger partial charge in [-0.15, -0.1) is 0 Å². The van der Waals surface area contributed by atoms with Gasteiger partial charge < -0.3 is 19.1 Å². The van der Waals surface area contributed by atoms with Gasteiger partial charge in [0.05, 0.1) is 23.6 Å². The number of rotatable bonds is 5. The maximum absolute atomic E-state index is 11.2. The summed E-state index contributed by atoms with van der Waals surface area (Å²) < 4.78 is 11.8. The number of nitrogens with zero attached hydrogens (tertiary/aromatic N) is 1. The van der Waals surface area contributed by atoms with Crippen LogP contribution in [0.15, 0.2) is 82.2 Å². The van der Waals surface area contributed by atoms with Gasteiger partial charge in [0.1, 0.15) is 17.1 Å². The minimum absolute atomic E-state index is 0.0786. The summed E-state index contributed by atoms with van der Waals surface area (Å²) in [4.78, 5) is 15.9. The Kier molecular flexibility index (Phi) is 5.35. The zero-order valence-electron chi connectivity index (χ0n) is 16.7. The first-order chi connectivity index (χ1) is 14.5. The molecule has 150 valence electrons. The topological polar surface area (TPSA) is 74.9 Å². The van der Waals surface area contributed by atoms with E-state index in [1.54, 1.807) is 12.1 Å². The normalized spacial score (nSPS) is 11.6. The lowest BCUT2D eigenvalue weighted by Crippen LogP contribution is -2.21. The van der Waals surface area contributed by atoms with Gasteiger partial charge >= 0.3 is 0 Å². The molecule has 4 rings (SSSR count). The van der Waals surface area contributed by atoms with Crippen LogP contribution >= 0.6 is 0 Å². The van der Waals surface area contributed by atoms with Crippen LogP contribution in [0.25, 0.3) is 22.3 Å². The molecule has 0 aliphatic carbocycles. The third-order valence-electron chi connectivity index (χ3n) is 4.69. The minimum Gasteiger partial charge on any atom is -0.545 e. The van der Waals surface area contributed by atoms with Gasteiger partial charge in [0.15, 0.2) is 0 Å². The van der Waals surface area contributed by atoms with Crippen molar-refractivity contribution in [3.8, 4) is 17.1 Å². The molecular weight excluding hydrogens is 378 g/mol. The van der Waals surface area contributed by atoms with E-state index in [2.05, 4.69) is 0 Å². The molecule has 0 fully saturated rings. The van der Waals surface area contributed by atoms with Crippen molar-refractivity contribution in [2.75, 3.05) is 6.61 Å². The van der Waals surface area contributed by atoms with Crippen molar-refractivity contribution in [3.05, 3.63) is 89.3 Å². The van der Waals surface area contributed by atoms with Crippen molar-refractivity contribution in [3.63, 3.8) is 0 Å². The average Bonchev–Trinajstić information content (AvgIpc) is 2.75. The van der Waals surface area contributed by atoms with E-state index in [4.69, 9.17) is 14.1 Å². The molecule has 0 atom stereocenters. The van der Waals surface area contributed by atoms with Crippen molar-refractivity contribution in [1.82, 2.24) is 0 Å². The molecule has 0 spiro atoms. The molecule has 0 saturated heterocycles. The Morgan fingerprint density at radius 2 is 1.83 bits per heavy atom. The fraction of sp³-hybridized carbons (Fsp3) is 0.120. The summed E-state index contributed by atoms with van der Waals surface area (Å²) in [7, 11) is 0. The van der Waals surface area contributed by atoms with Crippen molar-refractivity contribution < 1.29 is 19.1 Å². The highest BCUT2D eigenvalue weighted by atomic mass is 16.5. The fourth-order valence-corrected chi connectivity index (χ4v) is 3.20. The Labute approximate surface area is 173 Å². The average molecular weight is 398 g/mol. The van der Waals surface area contributed by atoms with Gasteiger partial charge in [0.2, 0.25) is 0 Å². The first-order valence-electron chi connectivity index (χ1n) is 9.67. The molecule has 0 aliphatic rings. The predicted octanol–water partition coefficient (Wildman–Crippen LogP) is 4.40. The van der Waals surface area contributed by atoms with Gasteiger partial charge in [-0.3, -0.25) is 0 Å². The van der Waals surface area contributed by atoms with Gasteiger partial charge in [-0.2, -0.15) is 0 Å². The van der Waals surface area contributed by atoms with Crippen LogP contribution in [0, 0.1) is 6.92 Å². The quantitative estimate of drug-likeness (QED) is 0.499. The number of carbonyl (C=O) groups is 1. The molecule has 0 unspecified atom stereocenters. The van der Waals surface area contributed by atoms with E-state index >= 15 is 0 Å². The third-order valence-corrected chi connectivity index (χ3v) is 4.69. The number of carbonyl (C=O) groups excluding carboxylic acids is 1. The number of hydrogen-bond donors (Lipinski definition) is 0. The molecule has 0 amide bonds. The van der Waals surface area contributed by atoms with E-state index in [9.17, 15) is 9.90 Å². The molecule has 0 saturated carbocycles. The monoisotopic (exact) mass is 398 g/mol. The SMILES string of the molecule is CCOc1ccc2oc(-c3ccc(C)cc3)cc(=Nc3cccc(C(=O)[O-])c3)c2c1. The molecule has 0 aliphatic heterocycles. The van der Waals surface area contributed by atoms with Crippen molar-refractivity contribution in [1.29, 1.82) is 0 Å². The molecule has 3 aromatic carbocycles.